The molecule has 5 nitrogen and oxygen atoms in total. The van der Waals surface area contributed by atoms with Crippen LogP contribution in [0.15, 0.2) is 60.7 Å². The highest BCUT2D eigenvalue weighted by atomic mass is 31.2. The van der Waals surface area contributed by atoms with Crippen LogP contribution < -0.4 is 10.6 Å². The van der Waals surface area contributed by atoms with Crippen LogP contribution in [0.2, 0.25) is 0 Å². The fourth-order valence-electron chi connectivity index (χ4n) is 4.93. The van der Waals surface area contributed by atoms with Gasteiger partial charge in [-0.3, -0.25) is 9.59 Å². The maximum absolute atomic E-state index is 14.6. The van der Waals surface area contributed by atoms with Crippen LogP contribution in [-0.4, -0.2) is 40.6 Å². The van der Waals surface area contributed by atoms with Crippen molar-refractivity contribution in [1.29, 1.82) is 0 Å². The molecule has 31 heavy (non-hydrogen) atoms. The zero-order valence-corrected chi connectivity index (χ0v) is 19.1. The molecule has 1 amide bonds. The van der Waals surface area contributed by atoms with E-state index in [-0.39, 0.29) is 24.6 Å². The number of esters is 1. The highest BCUT2D eigenvalue weighted by Crippen LogP contribution is 2.68. The SMILES string of the molecule is CC1CCCC(C)N1C(=O)COC(=O)C1(P(=O)(c2ccccc2)c2ccccc2)CC1. The van der Waals surface area contributed by atoms with E-state index in [1.54, 1.807) is 0 Å². The summed E-state index contributed by atoms with van der Waals surface area (Å²) in [6.07, 6.45) is 4.03. The Hall–Kier alpha value is -2.39. The number of benzene rings is 2. The van der Waals surface area contributed by atoms with Gasteiger partial charge in [0.05, 0.1) is 0 Å². The summed E-state index contributed by atoms with van der Waals surface area (Å²) in [6, 6.07) is 18.7. The van der Waals surface area contributed by atoms with Crippen LogP contribution in [-0.2, 0) is 18.9 Å². The predicted octanol–water partition coefficient (Wildman–Crippen LogP) is 3.87. The first-order valence-electron chi connectivity index (χ1n) is 11.1. The van der Waals surface area contributed by atoms with Gasteiger partial charge < -0.3 is 14.2 Å². The molecule has 0 radical (unpaired) electrons. The highest BCUT2D eigenvalue weighted by molar-refractivity contribution is 7.81. The highest BCUT2D eigenvalue weighted by Gasteiger charge is 2.65. The van der Waals surface area contributed by atoms with Gasteiger partial charge >= 0.3 is 5.97 Å². The summed E-state index contributed by atoms with van der Waals surface area (Å²) in [5.74, 6) is -0.688. The lowest BCUT2D eigenvalue weighted by molar-refractivity contribution is -0.155. The molecule has 2 aromatic carbocycles. The van der Waals surface area contributed by atoms with E-state index in [4.69, 9.17) is 4.74 Å². The van der Waals surface area contributed by atoms with Crippen LogP contribution in [0.4, 0.5) is 0 Å². The molecular formula is C25H30NO4P. The quantitative estimate of drug-likeness (QED) is 0.506. The fourth-order valence-corrected chi connectivity index (χ4v) is 8.47. The smallest absolute Gasteiger partial charge is 0.320 e. The summed E-state index contributed by atoms with van der Waals surface area (Å²) in [6.45, 7) is 3.78. The molecule has 2 unspecified atom stereocenters. The van der Waals surface area contributed by atoms with E-state index in [0.29, 0.717) is 23.5 Å². The molecule has 1 saturated carbocycles. The first-order chi connectivity index (χ1) is 14.9. The summed E-state index contributed by atoms with van der Waals surface area (Å²) >= 11 is 0. The predicted molar refractivity (Wildman–Crippen MR) is 122 cm³/mol. The van der Waals surface area contributed by atoms with Crippen molar-refractivity contribution in [3.8, 4) is 0 Å². The van der Waals surface area contributed by atoms with Gasteiger partial charge in [-0.2, -0.15) is 0 Å². The van der Waals surface area contributed by atoms with Crippen LogP contribution >= 0.6 is 7.14 Å². The number of ether oxygens (including phenoxy) is 1. The van der Waals surface area contributed by atoms with Crippen molar-refractivity contribution in [2.24, 2.45) is 0 Å². The third-order valence-corrected chi connectivity index (χ3v) is 10.6. The number of amides is 1. The molecule has 2 atom stereocenters. The molecule has 0 aromatic heterocycles. The Morgan fingerprint density at radius 1 is 0.935 bits per heavy atom. The lowest BCUT2D eigenvalue weighted by Gasteiger charge is -2.39. The number of nitrogens with zero attached hydrogens (tertiary/aromatic N) is 1. The normalized spacial score (nSPS) is 22.6. The van der Waals surface area contributed by atoms with Crippen molar-refractivity contribution in [1.82, 2.24) is 4.90 Å². The lowest BCUT2D eigenvalue weighted by atomic mass is 9.97. The molecule has 0 spiro atoms. The van der Waals surface area contributed by atoms with Gasteiger partial charge in [-0.1, -0.05) is 60.7 Å². The topological polar surface area (TPSA) is 63.7 Å². The van der Waals surface area contributed by atoms with Crippen molar-refractivity contribution in [3.05, 3.63) is 60.7 Å². The number of piperidine rings is 1. The molecule has 0 bridgehead atoms. The Labute approximate surface area is 184 Å². The van der Waals surface area contributed by atoms with E-state index < -0.39 is 18.3 Å². The van der Waals surface area contributed by atoms with Crippen molar-refractivity contribution in [2.45, 2.75) is 63.2 Å². The number of carbonyl (C=O) groups excluding carboxylic acids is 2. The van der Waals surface area contributed by atoms with Gasteiger partial charge in [0.1, 0.15) is 5.16 Å². The molecule has 4 rings (SSSR count). The molecule has 1 saturated heterocycles. The molecule has 1 aliphatic heterocycles. The number of carbonyl (C=O) groups is 2. The van der Waals surface area contributed by atoms with Crippen LogP contribution in [0.1, 0.15) is 46.0 Å². The second kappa shape index (κ2) is 8.63. The van der Waals surface area contributed by atoms with Gasteiger partial charge in [-0.05, 0) is 46.0 Å². The van der Waals surface area contributed by atoms with E-state index in [1.165, 1.54) is 0 Å². The number of hydrogen-bond donors (Lipinski definition) is 0. The molecule has 1 heterocycles. The zero-order chi connectivity index (χ0) is 22.1. The van der Waals surface area contributed by atoms with Crippen molar-refractivity contribution >= 4 is 29.6 Å². The van der Waals surface area contributed by atoms with Crippen molar-refractivity contribution in [2.75, 3.05) is 6.61 Å². The summed E-state index contributed by atoms with van der Waals surface area (Å²) in [7, 11) is -3.29. The number of rotatable bonds is 6. The maximum Gasteiger partial charge on any atom is 0.320 e. The van der Waals surface area contributed by atoms with Gasteiger partial charge in [-0.25, -0.2) is 0 Å². The third kappa shape index (κ3) is 3.85. The average Bonchev–Trinajstić information content (AvgIpc) is 3.60. The standard InChI is InChI=1S/C25H30NO4P/c1-19-10-9-11-20(2)26(19)23(27)18-30-24(28)25(16-17-25)31(29,21-12-5-3-6-13-21)22-14-7-4-8-15-22/h3-8,12-15,19-20H,9-11,16-18H2,1-2H3. The maximum atomic E-state index is 14.6. The van der Waals surface area contributed by atoms with E-state index in [1.807, 2.05) is 79.4 Å². The first-order valence-corrected chi connectivity index (χ1v) is 12.8. The van der Waals surface area contributed by atoms with E-state index in [2.05, 4.69) is 0 Å². The minimum Gasteiger partial charge on any atom is -0.455 e. The van der Waals surface area contributed by atoms with E-state index in [9.17, 15) is 14.2 Å². The minimum atomic E-state index is -3.29. The van der Waals surface area contributed by atoms with Gasteiger partial charge in [0, 0.05) is 22.7 Å². The van der Waals surface area contributed by atoms with Gasteiger partial charge in [-0.15, -0.1) is 0 Å². The van der Waals surface area contributed by atoms with Crippen molar-refractivity contribution < 1.29 is 18.9 Å². The molecule has 2 aromatic rings. The Bertz CT molecular complexity index is 934. The summed E-state index contributed by atoms with van der Waals surface area (Å²) in [5.41, 5.74) is 0. The largest absolute Gasteiger partial charge is 0.455 e. The average molecular weight is 439 g/mol. The zero-order valence-electron chi connectivity index (χ0n) is 18.2. The van der Waals surface area contributed by atoms with Crippen LogP contribution in [0, 0.1) is 0 Å². The number of likely N-dealkylation sites (tertiary alicyclic amines) is 1. The second-order valence-electron chi connectivity index (χ2n) is 8.82. The second-order valence-corrected chi connectivity index (χ2v) is 11.9. The Morgan fingerprint density at radius 2 is 1.42 bits per heavy atom. The number of hydrogen-bond acceptors (Lipinski definition) is 4. The molecule has 2 aliphatic rings. The minimum absolute atomic E-state index is 0.143. The van der Waals surface area contributed by atoms with Gasteiger partial charge in [0.25, 0.3) is 5.91 Å². The third-order valence-electron chi connectivity index (χ3n) is 6.75. The molecule has 1 aliphatic carbocycles. The molecule has 6 heteroatoms. The Kier molecular flexibility index (Phi) is 6.07. The van der Waals surface area contributed by atoms with Crippen molar-refractivity contribution in [3.63, 3.8) is 0 Å². The monoisotopic (exact) mass is 439 g/mol. The van der Waals surface area contributed by atoms with E-state index in [0.717, 1.165) is 19.3 Å². The summed E-state index contributed by atoms with van der Waals surface area (Å²) in [4.78, 5) is 28.0. The summed E-state index contributed by atoms with van der Waals surface area (Å²) in [5, 5.41) is 0.218. The van der Waals surface area contributed by atoms with Crippen LogP contribution in [0.3, 0.4) is 0 Å². The molecule has 164 valence electrons. The molecule has 0 N–H and O–H groups in total. The fraction of sp³-hybridized carbons (Fsp3) is 0.440. The summed E-state index contributed by atoms with van der Waals surface area (Å²) < 4.78 is 20.2. The first kappa shape index (κ1) is 21.8. The Morgan fingerprint density at radius 3 is 1.87 bits per heavy atom. The van der Waals surface area contributed by atoms with Crippen LogP contribution in [0.5, 0.6) is 0 Å². The van der Waals surface area contributed by atoms with Crippen LogP contribution in [0.25, 0.3) is 0 Å². The molecule has 2 fully saturated rings. The lowest BCUT2D eigenvalue weighted by Crippen LogP contribution is -2.49. The molecular weight excluding hydrogens is 409 g/mol. The van der Waals surface area contributed by atoms with Gasteiger partial charge in [0.2, 0.25) is 0 Å². The van der Waals surface area contributed by atoms with Gasteiger partial charge in [0.15, 0.2) is 13.7 Å². The Balaban J connectivity index is 1.58. The van der Waals surface area contributed by atoms with E-state index >= 15 is 0 Å².